The molecule has 0 aliphatic heterocycles. The van der Waals surface area contributed by atoms with Crippen LogP contribution >= 0.6 is 15.9 Å². The molecule has 1 atom stereocenters. The topological polar surface area (TPSA) is 79.9 Å². The number of hydrogen-bond donors (Lipinski definition) is 2. The van der Waals surface area contributed by atoms with Gasteiger partial charge in [-0.3, -0.25) is 0 Å². The van der Waals surface area contributed by atoms with Crippen LogP contribution in [0.2, 0.25) is 0 Å². The van der Waals surface area contributed by atoms with Gasteiger partial charge in [-0.05, 0) is 24.3 Å². The molecule has 1 heterocycles. The SMILES string of the molecule is COc1ccc(Br)cc1C(O)c1occc1C(=O)O. The van der Waals surface area contributed by atoms with E-state index in [9.17, 15) is 9.90 Å². The van der Waals surface area contributed by atoms with Gasteiger partial charge in [0.15, 0.2) is 5.76 Å². The van der Waals surface area contributed by atoms with E-state index in [2.05, 4.69) is 15.9 Å². The van der Waals surface area contributed by atoms with Gasteiger partial charge < -0.3 is 19.4 Å². The molecule has 5 nitrogen and oxygen atoms in total. The van der Waals surface area contributed by atoms with Crippen LogP contribution in [0.4, 0.5) is 0 Å². The van der Waals surface area contributed by atoms with E-state index in [0.717, 1.165) is 4.47 Å². The predicted molar refractivity (Wildman–Crippen MR) is 70.4 cm³/mol. The van der Waals surface area contributed by atoms with Gasteiger partial charge in [-0.25, -0.2) is 4.79 Å². The summed E-state index contributed by atoms with van der Waals surface area (Å²) in [5, 5.41) is 19.3. The van der Waals surface area contributed by atoms with Crippen LogP contribution in [0.3, 0.4) is 0 Å². The Morgan fingerprint density at radius 1 is 1.42 bits per heavy atom. The van der Waals surface area contributed by atoms with Crippen LogP contribution in [-0.2, 0) is 0 Å². The van der Waals surface area contributed by atoms with Gasteiger partial charge in [0.25, 0.3) is 0 Å². The van der Waals surface area contributed by atoms with Crippen molar-refractivity contribution in [2.24, 2.45) is 0 Å². The molecule has 0 saturated heterocycles. The molecule has 2 rings (SSSR count). The first-order valence-corrected chi connectivity index (χ1v) is 6.16. The Morgan fingerprint density at radius 2 is 2.16 bits per heavy atom. The fourth-order valence-electron chi connectivity index (χ4n) is 1.77. The van der Waals surface area contributed by atoms with Crippen molar-refractivity contribution in [2.45, 2.75) is 6.10 Å². The van der Waals surface area contributed by atoms with Gasteiger partial charge in [-0.15, -0.1) is 0 Å². The summed E-state index contributed by atoms with van der Waals surface area (Å²) in [6.45, 7) is 0. The van der Waals surface area contributed by atoms with Crippen LogP contribution in [-0.4, -0.2) is 23.3 Å². The number of furan rings is 1. The quantitative estimate of drug-likeness (QED) is 0.903. The number of hydrogen-bond acceptors (Lipinski definition) is 4. The second kappa shape index (κ2) is 5.46. The number of methoxy groups -OCH3 is 1. The molecule has 2 aromatic rings. The number of carboxylic acids is 1. The van der Waals surface area contributed by atoms with E-state index < -0.39 is 12.1 Å². The van der Waals surface area contributed by atoms with Gasteiger partial charge in [-0.1, -0.05) is 15.9 Å². The van der Waals surface area contributed by atoms with Gasteiger partial charge >= 0.3 is 5.97 Å². The highest BCUT2D eigenvalue weighted by atomic mass is 79.9. The molecule has 6 heteroatoms. The molecule has 0 radical (unpaired) electrons. The number of ether oxygens (including phenoxy) is 1. The third-order valence-corrected chi connectivity index (χ3v) is 3.15. The molecule has 0 fully saturated rings. The van der Waals surface area contributed by atoms with Gasteiger partial charge in [0.1, 0.15) is 17.4 Å². The van der Waals surface area contributed by atoms with Crippen molar-refractivity contribution in [1.82, 2.24) is 0 Å². The summed E-state index contributed by atoms with van der Waals surface area (Å²) >= 11 is 3.29. The van der Waals surface area contributed by atoms with E-state index in [1.165, 1.54) is 19.4 Å². The Kier molecular flexibility index (Phi) is 3.92. The van der Waals surface area contributed by atoms with Crippen molar-refractivity contribution in [3.8, 4) is 5.75 Å². The van der Waals surface area contributed by atoms with Crippen molar-refractivity contribution < 1.29 is 24.2 Å². The minimum Gasteiger partial charge on any atom is -0.496 e. The molecule has 0 saturated carbocycles. The summed E-state index contributed by atoms with van der Waals surface area (Å²) < 4.78 is 11.0. The minimum atomic E-state index is -1.21. The number of aromatic carboxylic acids is 1. The number of halogens is 1. The van der Waals surface area contributed by atoms with Gasteiger partial charge in [-0.2, -0.15) is 0 Å². The highest BCUT2D eigenvalue weighted by Gasteiger charge is 2.24. The lowest BCUT2D eigenvalue weighted by Gasteiger charge is -2.14. The molecular weight excluding hydrogens is 316 g/mol. The highest BCUT2D eigenvalue weighted by Crippen LogP contribution is 2.34. The average Bonchev–Trinajstić information content (AvgIpc) is 2.87. The van der Waals surface area contributed by atoms with Crippen LogP contribution in [0.15, 0.2) is 39.4 Å². The van der Waals surface area contributed by atoms with E-state index in [1.807, 2.05) is 0 Å². The van der Waals surface area contributed by atoms with E-state index in [-0.39, 0.29) is 11.3 Å². The fourth-order valence-corrected chi connectivity index (χ4v) is 2.15. The molecule has 1 aromatic heterocycles. The van der Waals surface area contributed by atoms with Crippen LogP contribution in [0.1, 0.15) is 27.8 Å². The van der Waals surface area contributed by atoms with E-state index in [4.69, 9.17) is 14.3 Å². The standard InChI is InChI=1S/C13H11BrO5/c1-18-10-3-2-7(14)6-9(10)11(15)12-8(13(16)17)4-5-19-12/h2-6,11,15H,1H3,(H,16,17). The molecule has 0 aliphatic rings. The molecule has 0 spiro atoms. The Hall–Kier alpha value is -1.79. The number of aliphatic hydroxyl groups excluding tert-OH is 1. The maximum absolute atomic E-state index is 11.0. The Labute approximate surface area is 117 Å². The molecule has 2 N–H and O–H groups in total. The fraction of sp³-hybridized carbons (Fsp3) is 0.154. The highest BCUT2D eigenvalue weighted by molar-refractivity contribution is 9.10. The minimum absolute atomic E-state index is 0.0242. The molecule has 19 heavy (non-hydrogen) atoms. The first kappa shape index (κ1) is 13.6. The predicted octanol–water partition coefficient (Wildman–Crippen LogP) is 2.83. The lowest BCUT2D eigenvalue weighted by atomic mass is 10.0. The first-order chi connectivity index (χ1) is 9.04. The second-order valence-electron chi connectivity index (χ2n) is 3.79. The van der Waals surface area contributed by atoms with E-state index in [1.54, 1.807) is 18.2 Å². The third kappa shape index (κ3) is 2.64. The Balaban J connectivity index is 2.49. The summed E-state index contributed by atoms with van der Waals surface area (Å²) in [5.74, 6) is -0.732. The molecule has 1 unspecified atom stereocenters. The maximum atomic E-state index is 11.0. The monoisotopic (exact) mass is 326 g/mol. The van der Waals surface area contributed by atoms with Gasteiger partial charge in [0.2, 0.25) is 0 Å². The summed E-state index contributed by atoms with van der Waals surface area (Å²) in [5.41, 5.74) is 0.351. The van der Waals surface area contributed by atoms with E-state index >= 15 is 0 Å². The van der Waals surface area contributed by atoms with Crippen molar-refractivity contribution in [2.75, 3.05) is 7.11 Å². The van der Waals surface area contributed by atoms with Crippen LogP contribution in [0.5, 0.6) is 5.75 Å². The van der Waals surface area contributed by atoms with Crippen LogP contribution < -0.4 is 4.74 Å². The van der Waals surface area contributed by atoms with Gasteiger partial charge in [0.05, 0.1) is 13.4 Å². The zero-order valence-corrected chi connectivity index (χ0v) is 11.5. The van der Waals surface area contributed by atoms with Crippen LogP contribution in [0.25, 0.3) is 0 Å². The van der Waals surface area contributed by atoms with E-state index in [0.29, 0.717) is 11.3 Å². The normalized spacial score (nSPS) is 12.2. The lowest BCUT2D eigenvalue weighted by molar-refractivity contribution is 0.0687. The number of carbonyl (C=O) groups is 1. The number of rotatable bonds is 4. The number of aliphatic hydroxyl groups is 1. The van der Waals surface area contributed by atoms with Crippen molar-refractivity contribution in [3.63, 3.8) is 0 Å². The zero-order valence-electron chi connectivity index (χ0n) is 9.96. The molecule has 1 aromatic carbocycles. The van der Waals surface area contributed by atoms with Crippen molar-refractivity contribution in [3.05, 3.63) is 51.9 Å². The molecule has 0 amide bonds. The summed E-state index contributed by atoms with van der Waals surface area (Å²) in [7, 11) is 1.47. The molecular formula is C13H11BrO5. The number of carboxylic acid groups (broad SMARTS) is 1. The average molecular weight is 327 g/mol. The maximum Gasteiger partial charge on any atom is 0.339 e. The smallest absolute Gasteiger partial charge is 0.339 e. The Morgan fingerprint density at radius 3 is 2.79 bits per heavy atom. The van der Waals surface area contributed by atoms with Gasteiger partial charge in [0, 0.05) is 10.0 Å². The lowest BCUT2D eigenvalue weighted by Crippen LogP contribution is -2.07. The Bertz CT molecular complexity index is 605. The largest absolute Gasteiger partial charge is 0.496 e. The zero-order chi connectivity index (χ0) is 14.0. The number of benzene rings is 1. The molecule has 100 valence electrons. The summed E-state index contributed by atoms with van der Waals surface area (Å²) in [4.78, 5) is 11.0. The first-order valence-electron chi connectivity index (χ1n) is 5.36. The third-order valence-electron chi connectivity index (χ3n) is 2.66. The van der Waals surface area contributed by atoms with Crippen LogP contribution in [0, 0.1) is 0 Å². The van der Waals surface area contributed by atoms with Crippen molar-refractivity contribution in [1.29, 1.82) is 0 Å². The second-order valence-corrected chi connectivity index (χ2v) is 4.71. The summed E-state index contributed by atoms with van der Waals surface area (Å²) in [6.07, 6.45) is 0.0143. The summed E-state index contributed by atoms with van der Waals surface area (Å²) in [6, 6.07) is 6.38. The van der Waals surface area contributed by atoms with Crippen molar-refractivity contribution >= 4 is 21.9 Å². The molecule has 0 bridgehead atoms. The molecule has 0 aliphatic carbocycles.